The zero-order valence-corrected chi connectivity index (χ0v) is 14.4. The molecule has 1 aliphatic rings. The lowest BCUT2D eigenvalue weighted by atomic mass is 10.1. The molecule has 0 atom stereocenters. The van der Waals surface area contributed by atoms with Crippen LogP contribution < -0.4 is 4.74 Å². The predicted molar refractivity (Wildman–Crippen MR) is 95.0 cm³/mol. The number of ether oxygens (including phenoxy) is 1. The van der Waals surface area contributed by atoms with E-state index in [1.807, 2.05) is 30.3 Å². The van der Waals surface area contributed by atoms with Gasteiger partial charge in [-0.3, -0.25) is 0 Å². The maximum absolute atomic E-state index is 12.2. The Morgan fingerprint density at radius 3 is 2.58 bits per heavy atom. The lowest BCUT2D eigenvalue weighted by Crippen LogP contribution is -2.14. The number of fused-ring (bicyclic) bond motifs is 1. The van der Waals surface area contributed by atoms with Crippen LogP contribution in [0.5, 0.6) is 5.75 Å². The first kappa shape index (κ1) is 16.7. The van der Waals surface area contributed by atoms with E-state index < -0.39 is 6.61 Å². The van der Waals surface area contributed by atoms with Crippen LogP contribution in [0.4, 0.5) is 8.78 Å². The monoisotopic (exact) mass is 372 g/mol. The highest BCUT2D eigenvalue weighted by Crippen LogP contribution is 2.24. The third-order valence-electron chi connectivity index (χ3n) is 3.78. The van der Waals surface area contributed by atoms with E-state index in [0.717, 1.165) is 22.0 Å². The summed E-state index contributed by atoms with van der Waals surface area (Å²) in [5, 5.41) is 9.72. The average molecular weight is 372 g/mol. The van der Waals surface area contributed by atoms with Crippen molar-refractivity contribution in [3.8, 4) is 5.75 Å². The van der Waals surface area contributed by atoms with Crippen LogP contribution in [-0.2, 0) is 6.42 Å². The molecule has 5 nitrogen and oxygen atoms in total. The lowest BCUT2D eigenvalue weighted by molar-refractivity contribution is -0.0498. The van der Waals surface area contributed by atoms with Crippen LogP contribution in [-0.4, -0.2) is 32.9 Å². The number of nitrogens with zero attached hydrogens (tertiary/aromatic N) is 4. The van der Waals surface area contributed by atoms with Crippen LogP contribution in [0, 0.1) is 0 Å². The summed E-state index contributed by atoms with van der Waals surface area (Å²) in [6.07, 6.45) is 0.645. The smallest absolute Gasteiger partial charge is 0.387 e. The molecule has 0 unspecified atom stereocenters. The minimum atomic E-state index is -2.83. The van der Waals surface area contributed by atoms with Gasteiger partial charge in [0.15, 0.2) is 5.82 Å². The zero-order chi connectivity index (χ0) is 17.9. The topological polar surface area (TPSA) is 52.3 Å². The van der Waals surface area contributed by atoms with Crippen LogP contribution in [0.25, 0.3) is 0 Å². The molecule has 0 amide bonds. The first-order valence-electron chi connectivity index (χ1n) is 7.93. The van der Waals surface area contributed by atoms with E-state index in [0.29, 0.717) is 18.0 Å². The van der Waals surface area contributed by atoms with Crippen molar-refractivity contribution < 1.29 is 13.5 Å². The molecule has 0 radical (unpaired) electrons. The number of aromatic nitrogens is 3. The summed E-state index contributed by atoms with van der Waals surface area (Å²) in [5.74, 6) is 1.47. The lowest BCUT2D eigenvalue weighted by Gasteiger charge is -2.12. The van der Waals surface area contributed by atoms with Gasteiger partial charge in [0.25, 0.3) is 0 Å². The minimum Gasteiger partial charge on any atom is -0.435 e. The second-order valence-electron chi connectivity index (χ2n) is 5.60. The third-order valence-corrected chi connectivity index (χ3v) is 4.71. The normalized spacial score (nSPS) is 13.4. The van der Waals surface area contributed by atoms with E-state index in [2.05, 4.69) is 19.9 Å². The van der Waals surface area contributed by atoms with Gasteiger partial charge in [0.2, 0.25) is 5.16 Å². The molecule has 3 aromatic rings. The fourth-order valence-electron chi connectivity index (χ4n) is 2.58. The Bertz CT molecular complexity index is 926. The largest absolute Gasteiger partial charge is 0.435 e. The standard InChI is InChI=1S/C18H14F2N4OS/c19-17(20)25-14-8-6-13(7-9-14)15-11-26-18-21-16(23-24(18)22-15)10-12-4-2-1-3-5-12/h1-9,17H,10-11H2. The van der Waals surface area contributed by atoms with Crippen molar-refractivity contribution in [1.29, 1.82) is 0 Å². The number of rotatable bonds is 5. The van der Waals surface area contributed by atoms with Gasteiger partial charge in [0, 0.05) is 12.2 Å². The van der Waals surface area contributed by atoms with Crippen molar-refractivity contribution in [1.82, 2.24) is 14.9 Å². The second-order valence-corrected chi connectivity index (χ2v) is 6.54. The van der Waals surface area contributed by atoms with E-state index in [4.69, 9.17) is 0 Å². The summed E-state index contributed by atoms with van der Waals surface area (Å²) < 4.78 is 28.8. The number of thioether (sulfide) groups is 1. The first-order chi connectivity index (χ1) is 12.7. The minimum absolute atomic E-state index is 0.124. The summed E-state index contributed by atoms with van der Waals surface area (Å²) in [6.45, 7) is -2.83. The second kappa shape index (κ2) is 7.25. The Kier molecular flexibility index (Phi) is 4.66. The number of halogens is 2. The van der Waals surface area contributed by atoms with Gasteiger partial charge in [-0.1, -0.05) is 42.1 Å². The van der Waals surface area contributed by atoms with Crippen LogP contribution >= 0.6 is 11.8 Å². The highest BCUT2D eigenvalue weighted by molar-refractivity contribution is 7.99. The highest BCUT2D eigenvalue weighted by Gasteiger charge is 2.18. The molecule has 0 aliphatic carbocycles. The van der Waals surface area contributed by atoms with Gasteiger partial charge in [0.05, 0.1) is 5.71 Å². The zero-order valence-electron chi connectivity index (χ0n) is 13.5. The summed E-state index contributed by atoms with van der Waals surface area (Å²) in [4.78, 5) is 6.06. The number of hydrogen-bond donors (Lipinski definition) is 0. The Labute approximate surface area is 152 Å². The van der Waals surface area contributed by atoms with Crippen molar-refractivity contribution >= 4 is 17.5 Å². The van der Waals surface area contributed by atoms with E-state index in [-0.39, 0.29) is 5.75 Å². The molecule has 8 heteroatoms. The van der Waals surface area contributed by atoms with Gasteiger partial charge >= 0.3 is 6.61 Å². The first-order valence-corrected chi connectivity index (χ1v) is 8.92. The quantitative estimate of drug-likeness (QED) is 0.683. The fourth-order valence-corrected chi connectivity index (χ4v) is 3.44. The predicted octanol–water partition coefficient (Wildman–Crippen LogP) is 3.83. The van der Waals surface area contributed by atoms with Crippen molar-refractivity contribution in [2.75, 3.05) is 5.75 Å². The van der Waals surface area contributed by atoms with Crippen molar-refractivity contribution in [2.24, 2.45) is 5.10 Å². The maximum atomic E-state index is 12.2. The average Bonchev–Trinajstić information content (AvgIpc) is 3.04. The molecule has 0 saturated carbocycles. The van der Waals surface area contributed by atoms with Gasteiger partial charge in [-0.25, -0.2) is 4.98 Å². The molecule has 132 valence electrons. The third kappa shape index (κ3) is 3.75. The molecule has 0 spiro atoms. The summed E-state index contributed by atoms with van der Waals surface area (Å²) in [7, 11) is 0. The van der Waals surface area contributed by atoms with Gasteiger partial charge < -0.3 is 4.74 Å². The molecule has 2 heterocycles. The Hall–Kier alpha value is -2.74. The highest BCUT2D eigenvalue weighted by atomic mass is 32.2. The van der Waals surface area contributed by atoms with Crippen LogP contribution in [0.2, 0.25) is 0 Å². The van der Waals surface area contributed by atoms with Crippen LogP contribution in [0.15, 0.2) is 64.9 Å². The summed E-state index contributed by atoms with van der Waals surface area (Å²) >= 11 is 1.55. The maximum Gasteiger partial charge on any atom is 0.387 e. The molecule has 1 aromatic heterocycles. The summed E-state index contributed by atoms with van der Waals surface area (Å²) in [5.41, 5.74) is 2.78. The van der Waals surface area contributed by atoms with E-state index >= 15 is 0 Å². The summed E-state index contributed by atoms with van der Waals surface area (Å²) in [6, 6.07) is 16.4. The van der Waals surface area contributed by atoms with E-state index in [1.165, 1.54) is 16.9 Å². The van der Waals surface area contributed by atoms with Gasteiger partial charge in [-0.2, -0.15) is 13.9 Å². The molecule has 2 aromatic carbocycles. The molecule has 0 saturated heterocycles. The molecule has 1 aliphatic heterocycles. The molecule has 0 N–H and O–H groups in total. The molecular weight excluding hydrogens is 358 g/mol. The van der Waals surface area contributed by atoms with Crippen molar-refractivity contribution in [3.63, 3.8) is 0 Å². The van der Waals surface area contributed by atoms with Gasteiger partial charge in [-0.05, 0) is 35.4 Å². The van der Waals surface area contributed by atoms with E-state index in [9.17, 15) is 8.78 Å². The molecule has 26 heavy (non-hydrogen) atoms. The Balaban J connectivity index is 1.53. The number of hydrogen-bond acceptors (Lipinski definition) is 5. The SMILES string of the molecule is FC(F)Oc1ccc(C2=Nn3nc(Cc4ccccc4)nc3SC2)cc1. The van der Waals surface area contributed by atoms with Gasteiger partial charge in [0.1, 0.15) is 5.75 Å². The van der Waals surface area contributed by atoms with Gasteiger partial charge in [-0.15, -0.1) is 9.89 Å². The fraction of sp³-hybridized carbons (Fsp3) is 0.167. The number of benzene rings is 2. The Morgan fingerprint density at radius 2 is 1.85 bits per heavy atom. The molecule has 0 fully saturated rings. The van der Waals surface area contributed by atoms with Crippen LogP contribution in [0.3, 0.4) is 0 Å². The Morgan fingerprint density at radius 1 is 1.08 bits per heavy atom. The number of alkyl halides is 2. The van der Waals surface area contributed by atoms with Crippen molar-refractivity contribution in [2.45, 2.75) is 18.2 Å². The van der Waals surface area contributed by atoms with Crippen molar-refractivity contribution in [3.05, 3.63) is 71.5 Å². The molecule has 0 bridgehead atoms. The van der Waals surface area contributed by atoms with E-state index in [1.54, 1.807) is 23.9 Å². The molecule has 4 rings (SSSR count). The molecular formula is C18H14F2N4OS. The van der Waals surface area contributed by atoms with Crippen LogP contribution in [0.1, 0.15) is 17.0 Å².